The number of hydrogen-bond donors (Lipinski definition) is 2. The summed E-state index contributed by atoms with van der Waals surface area (Å²) in [5.41, 5.74) is 8.67. The molecule has 1 aromatic carbocycles. The Kier molecular flexibility index (Phi) is 7.02. The van der Waals surface area contributed by atoms with E-state index in [9.17, 15) is 4.79 Å². The Morgan fingerprint density at radius 3 is 2.42 bits per heavy atom. The molecule has 2 aliphatic heterocycles. The van der Waals surface area contributed by atoms with Gasteiger partial charge in [0.05, 0.1) is 25.3 Å². The van der Waals surface area contributed by atoms with E-state index in [1.165, 1.54) is 11.1 Å². The van der Waals surface area contributed by atoms with Crippen LogP contribution in [0.15, 0.2) is 24.3 Å². The van der Waals surface area contributed by atoms with Crippen LogP contribution >= 0.6 is 0 Å². The average Bonchev–Trinajstić information content (AvgIpc) is 2.70. The van der Waals surface area contributed by atoms with Crippen LogP contribution in [-0.2, 0) is 14.3 Å². The summed E-state index contributed by atoms with van der Waals surface area (Å²) >= 11 is 0. The molecule has 1 amide bonds. The second-order valence-electron chi connectivity index (χ2n) is 7.30. The number of aryl methyl sites for hydroxylation is 1. The molecular weight excluding hydrogens is 330 g/mol. The molecule has 2 fully saturated rings. The lowest BCUT2D eigenvalue weighted by Gasteiger charge is -2.35. The van der Waals surface area contributed by atoms with Crippen LogP contribution in [0.4, 0.5) is 0 Å². The molecule has 1 aromatic rings. The zero-order valence-electron chi connectivity index (χ0n) is 15.7. The van der Waals surface area contributed by atoms with Gasteiger partial charge < -0.3 is 20.5 Å². The molecule has 2 saturated heterocycles. The standard InChI is InChI=1S/C20H31N3O3/c1-15-2-4-16(5-3-15)18(23-8-12-26-13-9-23)14-22-20(24)19(21)17-6-10-25-11-7-17/h2-5,17-19H,6-14,21H2,1H3,(H,22,24). The Bertz CT molecular complexity index is 566. The second-order valence-corrected chi connectivity index (χ2v) is 7.30. The van der Waals surface area contributed by atoms with E-state index in [0.29, 0.717) is 19.8 Å². The van der Waals surface area contributed by atoms with Gasteiger partial charge in [0.15, 0.2) is 0 Å². The summed E-state index contributed by atoms with van der Waals surface area (Å²) in [6.45, 7) is 7.27. The van der Waals surface area contributed by atoms with Gasteiger partial charge in [0.2, 0.25) is 5.91 Å². The zero-order valence-corrected chi connectivity index (χ0v) is 15.7. The molecule has 0 bridgehead atoms. The van der Waals surface area contributed by atoms with Gasteiger partial charge in [-0.1, -0.05) is 29.8 Å². The fourth-order valence-corrected chi connectivity index (χ4v) is 3.74. The highest BCUT2D eigenvalue weighted by Crippen LogP contribution is 2.22. The van der Waals surface area contributed by atoms with Crippen molar-refractivity contribution >= 4 is 5.91 Å². The number of hydrogen-bond acceptors (Lipinski definition) is 5. The van der Waals surface area contributed by atoms with E-state index in [0.717, 1.165) is 39.1 Å². The van der Waals surface area contributed by atoms with Crippen LogP contribution < -0.4 is 11.1 Å². The summed E-state index contributed by atoms with van der Waals surface area (Å²) in [4.78, 5) is 15.0. The Labute approximate surface area is 156 Å². The monoisotopic (exact) mass is 361 g/mol. The fourth-order valence-electron chi connectivity index (χ4n) is 3.74. The minimum Gasteiger partial charge on any atom is -0.381 e. The van der Waals surface area contributed by atoms with Crippen LogP contribution in [0.2, 0.25) is 0 Å². The van der Waals surface area contributed by atoms with Crippen molar-refractivity contribution in [3.63, 3.8) is 0 Å². The summed E-state index contributed by atoms with van der Waals surface area (Å²) < 4.78 is 10.9. The summed E-state index contributed by atoms with van der Waals surface area (Å²) in [6.07, 6.45) is 1.72. The smallest absolute Gasteiger partial charge is 0.237 e. The topological polar surface area (TPSA) is 76.8 Å². The molecule has 2 atom stereocenters. The van der Waals surface area contributed by atoms with Gasteiger partial charge in [-0.15, -0.1) is 0 Å². The molecule has 0 saturated carbocycles. The first-order valence-electron chi connectivity index (χ1n) is 9.64. The molecule has 0 radical (unpaired) electrons. The Balaban J connectivity index is 1.63. The number of nitrogens with zero attached hydrogens (tertiary/aromatic N) is 1. The van der Waals surface area contributed by atoms with Crippen molar-refractivity contribution in [1.29, 1.82) is 0 Å². The maximum absolute atomic E-state index is 12.6. The largest absolute Gasteiger partial charge is 0.381 e. The highest BCUT2D eigenvalue weighted by Gasteiger charge is 2.28. The molecule has 3 rings (SSSR count). The summed E-state index contributed by atoms with van der Waals surface area (Å²) in [5.74, 6) is 0.159. The van der Waals surface area contributed by atoms with Crippen LogP contribution in [0.1, 0.15) is 30.0 Å². The lowest BCUT2D eigenvalue weighted by Crippen LogP contribution is -2.50. The highest BCUT2D eigenvalue weighted by molar-refractivity contribution is 5.81. The molecule has 2 aliphatic rings. The minimum atomic E-state index is -0.456. The molecule has 144 valence electrons. The molecular formula is C20H31N3O3. The van der Waals surface area contributed by atoms with Crippen LogP contribution in [0, 0.1) is 12.8 Å². The summed E-state index contributed by atoms with van der Waals surface area (Å²) in [5, 5.41) is 3.10. The average molecular weight is 361 g/mol. The Hall–Kier alpha value is -1.47. The first-order chi connectivity index (χ1) is 12.6. The number of nitrogens with one attached hydrogen (secondary N) is 1. The minimum absolute atomic E-state index is 0.0535. The predicted molar refractivity (Wildman–Crippen MR) is 101 cm³/mol. The SMILES string of the molecule is Cc1ccc(C(CNC(=O)C(N)C2CCOCC2)N2CCOCC2)cc1. The van der Waals surface area contributed by atoms with Gasteiger partial charge in [0.25, 0.3) is 0 Å². The van der Waals surface area contributed by atoms with E-state index in [-0.39, 0.29) is 17.9 Å². The van der Waals surface area contributed by atoms with Gasteiger partial charge in [0.1, 0.15) is 0 Å². The van der Waals surface area contributed by atoms with Crippen LogP contribution in [-0.4, -0.2) is 62.9 Å². The third-order valence-corrected chi connectivity index (χ3v) is 5.49. The number of carbonyl (C=O) groups excluding carboxylic acids is 1. The first kappa shape index (κ1) is 19.3. The van der Waals surface area contributed by atoms with E-state index < -0.39 is 6.04 Å². The van der Waals surface area contributed by atoms with Gasteiger partial charge in [-0.3, -0.25) is 9.69 Å². The molecule has 0 aliphatic carbocycles. The van der Waals surface area contributed by atoms with Crippen molar-refractivity contribution in [2.45, 2.75) is 31.8 Å². The van der Waals surface area contributed by atoms with Crippen LogP contribution in [0.5, 0.6) is 0 Å². The van der Waals surface area contributed by atoms with Crippen molar-refractivity contribution in [2.24, 2.45) is 11.7 Å². The lowest BCUT2D eigenvalue weighted by molar-refractivity contribution is -0.124. The highest BCUT2D eigenvalue weighted by atomic mass is 16.5. The van der Waals surface area contributed by atoms with Gasteiger partial charge >= 0.3 is 0 Å². The zero-order chi connectivity index (χ0) is 18.4. The quantitative estimate of drug-likeness (QED) is 0.797. The van der Waals surface area contributed by atoms with Crippen LogP contribution in [0.3, 0.4) is 0 Å². The van der Waals surface area contributed by atoms with Gasteiger partial charge in [-0.2, -0.15) is 0 Å². The third-order valence-electron chi connectivity index (χ3n) is 5.49. The number of morpholine rings is 1. The van der Waals surface area contributed by atoms with Crippen molar-refractivity contribution in [1.82, 2.24) is 10.2 Å². The Morgan fingerprint density at radius 1 is 1.15 bits per heavy atom. The van der Waals surface area contributed by atoms with Crippen molar-refractivity contribution in [2.75, 3.05) is 46.1 Å². The summed E-state index contributed by atoms with van der Waals surface area (Å²) in [7, 11) is 0. The first-order valence-corrected chi connectivity index (χ1v) is 9.64. The van der Waals surface area contributed by atoms with Crippen LogP contribution in [0.25, 0.3) is 0 Å². The molecule has 2 heterocycles. The maximum atomic E-state index is 12.6. The van der Waals surface area contributed by atoms with Gasteiger partial charge in [0, 0.05) is 32.8 Å². The van der Waals surface area contributed by atoms with E-state index >= 15 is 0 Å². The lowest BCUT2D eigenvalue weighted by atomic mass is 9.91. The fraction of sp³-hybridized carbons (Fsp3) is 0.650. The second kappa shape index (κ2) is 9.46. The van der Waals surface area contributed by atoms with E-state index in [1.807, 2.05) is 0 Å². The molecule has 6 heteroatoms. The molecule has 26 heavy (non-hydrogen) atoms. The molecule has 0 aromatic heterocycles. The Morgan fingerprint density at radius 2 is 1.77 bits per heavy atom. The number of rotatable bonds is 6. The molecule has 2 unspecified atom stereocenters. The number of ether oxygens (including phenoxy) is 2. The molecule has 3 N–H and O–H groups in total. The number of benzene rings is 1. The predicted octanol–water partition coefficient (Wildman–Crippen LogP) is 1.24. The number of nitrogens with two attached hydrogens (primary N) is 1. The third kappa shape index (κ3) is 5.04. The van der Waals surface area contributed by atoms with Gasteiger partial charge in [-0.05, 0) is 31.2 Å². The van der Waals surface area contributed by atoms with E-state index in [1.54, 1.807) is 0 Å². The van der Waals surface area contributed by atoms with Gasteiger partial charge in [-0.25, -0.2) is 0 Å². The molecule has 0 spiro atoms. The van der Waals surface area contributed by atoms with E-state index in [4.69, 9.17) is 15.2 Å². The van der Waals surface area contributed by atoms with Crippen molar-refractivity contribution < 1.29 is 14.3 Å². The number of amides is 1. The summed E-state index contributed by atoms with van der Waals surface area (Å²) in [6, 6.07) is 8.24. The molecule has 6 nitrogen and oxygen atoms in total. The number of carbonyl (C=O) groups is 1. The van der Waals surface area contributed by atoms with E-state index in [2.05, 4.69) is 41.4 Å². The van der Waals surface area contributed by atoms with Crippen molar-refractivity contribution in [3.05, 3.63) is 35.4 Å². The normalized spacial score (nSPS) is 21.9. The van der Waals surface area contributed by atoms with Crippen molar-refractivity contribution in [3.8, 4) is 0 Å². The maximum Gasteiger partial charge on any atom is 0.237 e.